The molecule has 0 aliphatic carbocycles. The minimum Gasteiger partial charge on any atom is -0.503 e. The van der Waals surface area contributed by atoms with E-state index in [0.717, 1.165) is 5.56 Å². The summed E-state index contributed by atoms with van der Waals surface area (Å²) in [5.41, 5.74) is 7.74. The second-order valence-electron chi connectivity index (χ2n) is 6.27. The van der Waals surface area contributed by atoms with Crippen LogP contribution in [0.4, 0.5) is 10.1 Å². The van der Waals surface area contributed by atoms with Crippen molar-refractivity contribution in [1.29, 1.82) is 0 Å². The molecule has 3 N–H and O–H groups in total. The van der Waals surface area contributed by atoms with E-state index in [2.05, 4.69) is 0 Å². The molecule has 6 heteroatoms. The van der Waals surface area contributed by atoms with E-state index in [1.165, 1.54) is 26.2 Å². The molecule has 0 aliphatic heterocycles. The van der Waals surface area contributed by atoms with Crippen LogP contribution in [0, 0.1) is 12.7 Å². The van der Waals surface area contributed by atoms with Gasteiger partial charge in [0.25, 0.3) is 0 Å². The smallest absolute Gasteiger partial charge is 0.206 e. The molecular weight excluding hydrogens is 337 g/mol. The summed E-state index contributed by atoms with van der Waals surface area (Å²) in [4.78, 5) is 12.0. The van der Waals surface area contributed by atoms with Crippen molar-refractivity contribution >= 4 is 11.5 Å². The van der Waals surface area contributed by atoms with E-state index >= 15 is 0 Å². The zero-order chi connectivity index (χ0) is 19.4. The monoisotopic (exact) mass is 361 g/mol. The van der Waals surface area contributed by atoms with Gasteiger partial charge in [0.15, 0.2) is 17.3 Å². The highest BCUT2D eigenvalue weighted by Gasteiger charge is 2.25. The van der Waals surface area contributed by atoms with Gasteiger partial charge >= 0.3 is 0 Å². The summed E-state index contributed by atoms with van der Waals surface area (Å²) in [5, 5.41) is 10.3. The number of carbonyl (C=O) groups is 1. The first-order valence-corrected chi connectivity index (χ1v) is 8.36. The van der Waals surface area contributed by atoms with E-state index in [1.54, 1.807) is 19.1 Å². The number of Topliss-reactive ketones (excluding diaryl/α,β-unsaturated/α-hetero) is 1. The highest BCUT2D eigenvalue weighted by Crippen LogP contribution is 2.46. The van der Waals surface area contributed by atoms with Crippen LogP contribution >= 0.6 is 0 Å². The number of aromatic hydroxyl groups is 1. The van der Waals surface area contributed by atoms with E-state index in [4.69, 9.17) is 15.2 Å². The van der Waals surface area contributed by atoms with Crippen molar-refractivity contribution in [3.05, 3.63) is 46.8 Å². The maximum atomic E-state index is 13.0. The van der Waals surface area contributed by atoms with Crippen molar-refractivity contribution in [2.24, 2.45) is 0 Å². The summed E-state index contributed by atoms with van der Waals surface area (Å²) in [6, 6.07) is 6.30. The summed E-state index contributed by atoms with van der Waals surface area (Å²) in [6.45, 7) is 5.32. The summed E-state index contributed by atoms with van der Waals surface area (Å²) >= 11 is 0. The first-order chi connectivity index (χ1) is 12.3. The van der Waals surface area contributed by atoms with Crippen molar-refractivity contribution in [2.45, 2.75) is 33.1 Å². The number of methoxy groups -OCH3 is 1. The van der Waals surface area contributed by atoms with E-state index in [0.29, 0.717) is 17.5 Å². The molecule has 2 rings (SSSR count). The molecule has 0 heterocycles. The lowest BCUT2D eigenvalue weighted by Crippen LogP contribution is -2.09. The Morgan fingerprint density at radius 2 is 1.88 bits per heavy atom. The largest absolute Gasteiger partial charge is 0.503 e. The van der Waals surface area contributed by atoms with Crippen LogP contribution in [0.1, 0.15) is 47.7 Å². The van der Waals surface area contributed by atoms with E-state index < -0.39 is 0 Å². The lowest BCUT2D eigenvalue weighted by atomic mass is 9.98. The number of ether oxygens (including phenoxy) is 2. The Morgan fingerprint density at radius 3 is 2.42 bits per heavy atom. The second kappa shape index (κ2) is 8.08. The highest BCUT2D eigenvalue weighted by molar-refractivity contribution is 6.01. The third-order valence-electron chi connectivity index (χ3n) is 4.47. The fourth-order valence-corrected chi connectivity index (χ4v) is 2.87. The minimum atomic E-state index is -0.279. The molecule has 0 saturated carbocycles. The normalized spacial score (nSPS) is 11.9. The molecule has 0 aliphatic rings. The number of halogens is 1. The van der Waals surface area contributed by atoms with Gasteiger partial charge in [0, 0.05) is 0 Å². The van der Waals surface area contributed by atoms with Gasteiger partial charge in [-0.3, -0.25) is 4.79 Å². The van der Waals surface area contributed by atoms with E-state index in [-0.39, 0.29) is 47.1 Å². The first-order valence-electron chi connectivity index (χ1n) is 8.36. The van der Waals surface area contributed by atoms with Gasteiger partial charge in [0.1, 0.15) is 5.82 Å². The molecule has 0 amide bonds. The fraction of sp³-hybridized carbons (Fsp3) is 0.350. The van der Waals surface area contributed by atoms with Gasteiger partial charge in [-0.2, -0.15) is 0 Å². The molecule has 0 saturated heterocycles. The van der Waals surface area contributed by atoms with Gasteiger partial charge < -0.3 is 20.3 Å². The van der Waals surface area contributed by atoms with E-state index in [9.17, 15) is 14.3 Å². The van der Waals surface area contributed by atoms with Gasteiger partial charge in [0.2, 0.25) is 5.75 Å². The van der Waals surface area contributed by atoms with Crippen molar-refractivity contribution in [1.82, 2.24) is 0 Å². The van der Waals surface area contributed by atoms with Gasteiger partial charge in [-0.1, -0.05) is 19.1 Å². The molecule has 140 valence electrons. The van der Waals surface area contributed by atoms with E-state index in [1.807, 2.05) is 6.92 Å². The number of nitrogens with two attached hydrogens (primary N) is 1. The predicted molar refractivity (Wildman–Crippen MR) is 98.7 cm³/mol. The third-order valence-corrected chi connectivity index (χ3v) is 4.47. The minimum absolute atomic E-state index is 0.0621. The summed E-state index contributed by atoms with van der Waals surface area (Å²) in [7, 11) is 1.41. The molecule has 0 spiro atoms. The van der Waals surface area contributed by atoms with Crippen LogP contribution in [0.15, 0.2) is 24.3 Å². The summed E-state index contributed by atoms with van der Waals surface area (Å²) in [5.74, 6) is -0.379. The van der Waals surface area contributed by atoms with Crippen molar-refractivity contribution in [3.8, 4) is 17.2 Å². The molecule has 0 radical (unpaired) electrons. The number of carbonyl (C=O) groups excluding carboxylic acids is 1. The number of ketones is 1. The zero-order valence-electron chi connectivity index (χ0n) is 15.4. The van der Waals surface area contributed by atoms with Crippen LogP contribution in [-0.2, 0) is 0 Å². The van der Waals surface area contributed by atoms with Crippen LogP contribution in [0.2, 0.25) is 0 Å². The molecule has 2 aromatic rings. The molecule has 5 nitrogen and oxygen atoms in total. The van der Waals surface area contributed by atoms with Crippen LogP contribution in [0.5, 0.6) is 17.2 Å². The average molecular weight is 361 g/mol. The number of phenols is 1. The lowest BCUT2D eigenvalue weighted by molar-refractivity contribution is 0.101. The van der Waals surface area contributed by atoms with Crippen LogP contribution in [0.3, 0.4) is 0 Å². The molecule has 0 bridgehead atoms. The molecule has 1 atom stereocenters. The van der Waals surface area contributed by atoms with Crippen molar-refractivity contribution < 1.29 is 23.8 Å². The number of rotatable bonds is 7. The highest BCUT2D eigenvalue weighted by atomic mass is 19.1. The standard InChI is InChI=1S/C20H24FNO4/c1-11(14-5-7-15(21)8-6-14)9-10-26-20-18(24)17(22)12(2)16(13(3)23)19(20)25-4/h5-8,11,24H,9-10,22H2,1-4H3. The Bertz CT molecular complexity index is 803. The number of hydrogen-bond donors (Lipinski definition) is 2. The fourth-order valence-electron chi connectivity index (χ4n) is 2.87. The Balaban J connectivity index is 2.21. The Hall–Kier alpha value is -2.76. The lowest BCUT2D eigenvalue weighted by Gasteiger charge is -2.19. The Morgan fingerprint density at radius 1 is 1.27 bits per heavy atom. The predicted octanol–water partition coefficient (Wildman–Crippen LogP) is 4.21. The topological polar surface area (TPSA) is 81.8 Å². The second-order valence-corrected chi connectivity index (χ2v) is 6.27. The molecule has 0 fully saturated rings. The Kier molecular flexibility index (Phi) is 6.08. The average Bonchev–Trinajstić information content (AvgIpc) is 2.61. The van der Waals surface area contributed by atoms with Crippen molar-refractivity contribution in [3.63, 3.8) is 0 Å². The van der Waals surface area contributed by atoms with Crippen molar-refractivity contribution in [2.75, 3.05) is 19.5 Å². The van der Waals surface area contributed by atoms with Crippen LogP contribution in [-0.4, -0.2) is 24.6 Å². The number of nitrogen functional groups attached to an aromatic ring is 1. The van der Waals surface area contributed by atoms with Gasteiger partial charge in [0.05, 0.1) is 25.0 Å². The number of anilines is 1. The quantitative estimate of drug-likeness (QED) is 0.439. The first kappa shape index (κ1) is 19.6. The zero-order valence-corrected chi connectivity index (χ0v) is 15.4. The molecule has 2 aromatic carbocycles. The molecule has 26 heavy (non-hydrogen) atoms. The maximum Gasteiger partial charge on any atom is 0.206 e. The van der Waals surface area contributed by atoms with Gasteiger partial charge in [-0.15, -0.1) is 0 Å². The summed E-state index contributed by atoms with van der Waals surface area (Å²) in [6.07, 6.45) is 0.622. The molecule has 0 aromatic heterocycles. The van der Waals surface area contributed by atoms with Gasteiger partial charge in [-0.25, -0.2) is 4.39 Å². The molecule has 1 unspecified atom stereocenters. The number of benzene rings is 2. The van der Waals surface area contributed by atoms with Crippen LogP contribution in [0.25, 0.3) is 0 Å². The Labute approximate surface area is 152 Å². The summed E-state index contributed by atoms with van der Waals surface area (Å²) < 4.78 is 24.0. The van der Waals surface area contributed by atoms with Crippen LogP contribution < -0.4 is 15.2 Å². The molecular formula is C20H24FNO4. The maximum absolute atomic E-state index is 13.0. The number of phenolic OH excluding ortho intramolecular Hbond substituents is 1. The SMILES string of the molecule is COc1c(OCCC(C)c2ccc(F)cc2)c(O)c(N)c(C)c1C(C)=O. The van der Waals surface area contributed by atoms with Gasteiger partial charge in [-0.05, 0) is 49.4 Å². The third kappa shape index (κ3) is 3.90. The number of hydrogen-bond acceptors (Lipinski definition) is 5.